The zero-order valence-electron chi connectivity index (χ0n) is 16.8. The van der Waals surface area contributed by atoms with Crippen molar-refractivity contribution in [3.63, 3.8) is 0 Å². The number of carbonyl (C=O) groups is 2. The molecule has 1 aromatic carbocycles. The van der Waals surface area contributed by atoms with Crippen molar-refractivity contribution in [3.05, 3.63) is 23.3 Å². The highest BCUT2D eigenvalue weighted by Crippen LogP contribution is 2.40. The maximum Gasteiger partial charge on any atom is 0.534 e. The summed E-state index contributed by atoms with van der Waals surface area (Å²) in [5.41, 5.74) is -6.08. The summed E-state index contributed by atoms with van der Waals surface area (Å²) in [4.78, 5) is 25.4. The number of hydrogen-bond donors (Lipinski definition) is 0. The zero-order chi connectivity index (χ0) is 22.9. The molecule has 1 aromatic rings. The van der Waals surface area contributed by atoms with Crippen LogP contribution in [0.25, 0.3) is 0 Å². The SMILES string of the molecule is COc1c(OS(=O)(=O)C(F)(F)F)ccc(C2CCN(C(=O)OC(C)(C)C)C2)c1C=O. The van der Waals surface area contributed by atoms with Crippen LogP contribution in [-0.2, 0) is 14.9 Å². The lowest BCUT2D eigenvalue weighted by atomic mass is 9.93. The number of aldehydes is 1. The molecule has 0 radical (unpaired) electrons. The lowest BCUT2D eigenvalue weighted by Crippen LogP contribution is -2.35. The molecule has 30 heavy (non-hydrogen) atoms. The molecule has 0 spiro atoms. The maximum absolute atomic E-state index is 12.6. The summed E-state index contributed by atoms with van der Waals surface area (Å²) in [5.74, 6) is -1.53. The number of nitrogens with zero attached hydrogens (tertiary/aromatic N) is 1. The van der Waals surface area contributed by atoms with Crippen LogP contribution in [0.15, 0.2) is 12.1 Å². The number of benzene rings is 1. The molecule has 0 aliphatic carbocycles. The fourth-order valence-corrected chi connectivity index (χ4v) is 3.48. The predicted octanol–water partition coefficient (Wildman–Crippen LogP) is 3.46. The monoisotopic (exact) mass is 453 g/mol. The third-order valence-electron chi connectivity index (χ3n) is 4.28. The van der Waals surface area contributed by atoms with E-state index in [1.54, 1.807) is 20.8 Å². The molecule has 0 aromatic heterocycles. The first-order chi connectivity index (χ1) is 13.7. The molecule has 168 valence electrons. The predicted molar refractivity (Wildman–Crippen MR) is 99.1 cm³/mol. The molecule has 0 saturated carbocycles. The van der Waals surface area contributed by atoms with E-state index >= 15 is 0 Å². The Hall–Kier alpha value is -2.50. The Labute approximate surface area is 172 Å². The van der Waals surface area contributed by atoms with E-state index in [-0.39, 0.29) is 18.0 Å². The van der Waals surface area contributed by atoms with Crippen molar-refractivity contribution in [2.75, 3.05) is 20.2 Å². The molecular weight excluding hydrogens is 431 g/mol. The molecule has 0 N–H and O–H groups in total. The minimum Gasteiger partial charge on any atom is -0.492 e. The van der Waals surface area contributed by atoms with Gasteiger partial charge >= 0.3 is 21.7 Å². The van der Waals surface area contributed by atoms with Gasteiger partial charge in [-0.15, -0.1) is 0 Å². The van der Waals surface area contributed by atoms with Gasteiger partial charge in [-0.1, -0.05) is 6.07 Å². The molecule has 1 fully saturated rings. The highest BCUT2D eigenvalue weighted by atomic mass is 32.2. The number of ether oxygens (including phenoxy) is 2. The van der Waals surface area contributed by atoms with Crippen LogP contribution in [0.5, 0.6) is 11.5 Å². The van der Waals surface area contributed by atoms with Gasteiger partial charge in [-0.2, -0.15) is 21.6 Å². The van der Waals surface area contributed by atoms with Crippen LogP contribution in [0.1, 0.15) is 49.0 Å². The third kappa shape index (κ3) is 5.15. The van der Waals surface area contributed by atoms with Crippen molar-refractivity contribution in [2.24, 2.45) is 0 Å². The molecule has 1 amide bonds. The molecule has 2 rings (SSSR count). The van der Waals surface area contributed by atoms with Gasteiger partial charge in [0.2, 0.25) is 0 Å². The van der Waals surface area contributed by atoms with E-state index in [0.717, 1.165) is 13.2 Å². The van der Waals surface area contributed by atoms with E-state index in [1.165, 1.54) is 11.0 Å². The molecule has 1 aliphatic rings. The minimum atomic E-state index is -5.94. The Kier molecular flexibility index (Phi) is 6.60. The first-order valence-electron chi connectivity index (χ1n) is 8.85. The smallest absolute Gasteiger partial charge is 0.492 e. The average Bonchev–Trinajstić information content (AvgIpc) is 3.08. The van der Waals surface area contributed by atoms with Crippen molar-refractivity contribution in [1.29, 1.82) is 0 Å². The van der Waals surface area contributed by atoms with Gasteiger partial charge in [0.1, 0.15) is 5.60 Å². The number of methoxy groups -OCH3 is 1. The Bertz CT molecular complexity index is 923. The fourth-order valence-electron chi connectivity index (χ4n) is 3.02. The number of hydrogen-bond acceptors (Lipinski definition) is 7. The molecule has 8 nitrogen and oxygen atoms in total. The molecule has 1 atom stereocenters. The quantitative estimate of drug-likeness (QED) is 0.382. The molecule has 0 bridgehead atoms. The Morgan fingerprint density at radius 3 is 2.37 bits per heavy atom. The molecule has 12 heteroatoms. The highest BCUT2D eigenvalue weighted by molar-refractivity contribution is 7.88. The van der Waals surface area contributed by atoms with Gasteiger partial charge in [0.15, 0.2) is 17.8 Å². The maximum atomic E-state index is 12.6. The standard InChI is InChI=1S/C18H22F3NO7S/c1-17(2,3)28-16(24)22-8-7-11(9-22)12-5-6-14(15(27-4)13(12)10-23)29-30(25,26)18(19,20)21/h5-6,10-11H,7-9H2,1-4H3. The lowest BCUT2D eigenvalue weighted by molar-refractivity contribution is -0.0500. The van der Waals surface area contributed by atoms with E-state index in [2.05, 4.69) is 4.18 Å². The van der Waals surface area contributed by atoms with Crippen LogP contribution in [0.2, 0.25) is 0 Å². The van der Waals surface area contributed by atoms with Gasteiger partial charge in [0.05, 0.1) is 12.7 Å². The van der Waals surface area contributed by atoms with Crippen molar-refractivity contribution < 1.29 is 44.8 Å². The van der Waals surface area contributed by atoms with Crippen molar-refractivity contribution in [2.45, 2.75) is 44.2 Å². The zero-order valence-corrected chi connectivity index (χ0v) is 17.6. The fraction of sp³-hybridized carbons (Fsp3) is 0.556. The van der Waals surface area contributed by atoms with Crippen LogP contribution in [-0.4, -0.2) is 57.0 Å². The Balaban J connectivity index is 2.33. The second-order valence-corrected chi connectivity index (χ2v) is 9.15. The summed E-state index contributed by atoms with van der Waals surface area (Å²) >= 11 is 0. The number of alkyl halides is 3. The third-order valence-corrected chi connectivity index (χ3v) is 5.24. The summed E-state index contributed by atoms with van der Waals surface area (Å²) < 4.78 is 74.9. The second-order valence-electron chi connectivity index (χ2n) is 7.61. The van der Waals surface area contributed by atoms with Gasteiger partial charge in [-0.05, 0) is 38.8 Å². The van der Waals surface area contributed by atoms with Crippen LogP contribution in [0, 0.1) is 0 Å². The van der Waals surface area contributed by atoms with E-state index in [0.29, 0.717) is 24.8 Å². The summed E-state index contributed by atoms with van der Waals surface area (Å²) in [6, 6.07) is 2.28. The van der Waals surface area contributed by atoms with Gasteiger partial charge in [-0.25, -0.2) is 4.79 Å². The topological polar surface area (TPSA) is 99.2 Å². The largest absolute Gasteiger partial charge is 0.534 e. The summed E-state index contributed by atoms with van der Waals surface area (Å²) in [6.45, 7) is 5.73. The van der Waals surface area contributed by atoms with Crippen molar-refractivity contribution in [1.82, 2.24) is 4.90 Å². The molecule has 1 unspecified atom stereocenters. The van der Waals surface area contributed by atoms with Crippen molar-refractivity contribution in [3.8, 4) is 11.5 Å². The van der Waals surface area contributed by atoms with E-state index in [1.807, 2.05) is 0 Å². The molecule has 1 aliphatic heterocycles. The number of likely N-dealkylation sites (tertiary alicyclic amines) is 1. The van der Waals surface area contributed by atoms with Crippen LogP contribution in [0.4, 0.5) is 18.0 Å². The number of carbonyl (C=O) groups excluding carboxylic acids is 2. The Morgan fingerprint density at radius 1 is 1.23 bits per heavy atom. The number of halogens is 3. The molecule has 1 heterocycles. The number of amides is 1. The van der Waals surface area contributed by atoms with E-state index in [9.17, 15) is 31.2 Å². The van der Waals surface area contributed by atoms with Gasteiger partial charge in [0.25, 0.3) is 0 Å². The summed E-state index contributed by atoms with van der Waals surface area (Å²) in [6.07, 6.45) is 0.280. The second kappa shape index (κ2) is 8.32. The number of rotatable bonds is 5. The normalized spacial score (nSPS) is 17.6. The van der Waals surface area contributed by atoms with Crippen LogP contribution < -0.4 is 8.92 Å². The first-order valence-corrected chi connectivity index (χ1v) is 10.3. The van der Waals surface area contributed by atoms with Gasteiger partial charge in [-0.3, -0.25) is 4.79 Å². The van der Waals surface area contributed by atoms with Gasteiger partial charge in [0, 0.05) is 19.0 Å². The van der Waals surface area contributed by atoms with Crippen LogP contribution in [0.3, 0.4) is 0 Å². The summed E-state index contributed by atoms with van der Waals surface area (Å²) in [5, 5.41) is 0. The summed E-state index contributed by atoms with van der Waals surface area (Å²) in [7, 11) is -4.87. The average molecular weight is 453 g/mol. The highest BCUT2D eigenvalue weighted by Gasteiger charge is 2.49. The lowest BCUT2D eigenvalue weighted by Gasteiger charge is -2.24. The minimum absolute atomic E-state index is 0.150. The van der Waals surface area contributed by atoms with E-state index < -0.39 is 38.8 Å². The Morgan fingerprint density at radius 2 is 1.87 bits per heavy atom. The van der Waals surface area contributed by atoms with E-state index in [4.69, 9.17) is 9.47 Å². The first kappa shape index (κ1) is 23.8. The molecule has 1 saturated heterocycles. The van der Waals surface area contributed by atoms with Gasteiger partial charge < -0.3 is 18.6 Å². The molecular formula is C18H22F3NO7S. The van der Waals surface area contributed by atoms with Crippen molar-refractivity contribution >= 4 is 22.5 Å². The van der Waals surface area contributed by atoms with Crippen LogP contribution >= 0.6 is 0 Å².